The highest BCUT2D eigenvalue weighted by molar-refractivity contribution is 9.10. The Morgan fingerprint density at radius 1 is 1.25 bits per heavy atom. The van der Waals surface area contributed by atoms with E-state index in [1.165, 1.54) is 17.4 Å². The van der Waals surface area contributed by atoms with Crippen molar-refractivity contribution in [3.8, 4) is 0 Å². The predicted octanol–water partition coefficient (Wildman–Crippen LogP) is 5.43. The van der Waals surface area contributed by atoms with Gasteiger partial charge in [-0.15, -0.1) is 11.3 Å². The lowest BCUT2D eigenvalue weighted by Gasteiger charge is -2.16. The molecule has 2 aromatic rings. The van der Waals surface area contributed by atoms with Gasteiger partial charge in [-0.2, -0.15) is 13.2 Å². The number of alkyl halides is 3. The maximum Gasteiger partial charge on any atom is 0.416 e. The van der Waals surface area contributed by atoms with Gasteiger partial charge in [0.2, 0.25) is 0 Å². The van der Waals surface area contributed by atoms with Gasteiger partial charge in [-0.05, 0) is 35.9 Å². The number of hydrogen-bond donors (Lipinski definition) is 1. The molecular weight excluding hydrogens is 375 g/mol. The van der Waals surface area contributed by atoms with E-state index in [9.17, 15) is 13.2 Å². The van der Waals surface area contributed by atoms with Gasteiger partial charge < -0.3 is 5.73 Å². The summed E-state index contributed by atoms with van der Waals surface area (Å²) in [5, 5.41) is 0. The van der Waals surface area contributed by atoms with Crippen molar-refractivity contribution in [2.24, 2.45) is 5.73 Å². The largest absolute Gasteiger partial charge is 0.416 e. The van der Waals surface area contributed by atoms with E-state index < -0.39 is 17.8 Å². The van der Waals surface area contributed by atoms with Crippen LogP contribution < -0.4 is 5.73 Å². The van der Waals surface area contributed by atoms with E-state index in [-0.39, 0.29) is 0 Å². The molecule has 2 N–H and O–H groups in total. The molecule has 2 rings (SSSR count). The fourth-order valence-electron chi connectivity index (χ4n) is 1.79. The number of halogens is 5. The fourth-order valence-corrected chi connectivity index (χ4v) is 3.48. The number of benzene rings is 1. The average Bonchev–Trinajstić information content (AvgIpc) is 2.73. The second-order valence-corrected chi connectivity index (χ2v) is 6.90. The maximum atomic E-state index is 12.7. The zero-order valence-electron chi connectivity index (χ0n) is 10.0. The van der Waals surface area contributed by atoms with Crippen molar-refractivity contribution in [2.75, 3.05) is 0 Å². The highest BCUT2D eigenvalue weighted by Gasteiger charge is 2.31. The Labute approximate surface area is 131 Å². The summed E-state index contributed by atoms with van der Waals surface area (Å²) in [6.45, 7) is 0. The Hall–Kier alpha value is -0.560. The fraction of sp³-hybridized carbons (Fsp3) is 0.231. The standard InChI is InChI=1S/C13H10BrClF3NS/c14-10-3-1-7(13(16,17)18)5-9(10)11(19)6-8-2-4-12(15)20-8/h1-5,11H,6,19H2. The van der Waals surface area contributed by atoms with Gasteiger partial charge in [-0.3, -0.25) is 0 Å². The van der Waals surface area contributed by atoms with E-state index in [4.69, 9.17) is 17.3 Å². The third kappa shape index (κ3) is 3.75. The molecule has 0 saturated carbocycles. The summed E-state index contributed by atoms with van der Waals surface area (Å²) >= 11 is 10.4. The van der Waals surface area contributed by atoms with E-state index in [0.29, 0.717) is 20.8 Å². The van der Waals surface area contributed by atoms with Gasteiger partial charge in [0, 0.05) is 21.8 Å². The number of rotatable bonds is 3. The van der Waals surface area contributed by atoms with E-state index >= 15 is 0 Å². The summed E-state index contributed by atoms with van der Waals surface area (Å²) in [6, 6.07) is 6.54. The molecule has 0 radical (unpaired) electrons. The van der Waals surface area contributed by atoms with Crippen molar-refractivity contribution in [3.63, 3.8) is 0 Å². The van der Waals surface area contributed by atoms with Crippen LogP contribution in [0, 0.1) is 0 Å². The summed E-state index contributed by atoms with van der Waals surface area (Å²) < 4.78 is 39.4. The smallest absolute Gasteiger partial charge is 0.324 e. The molecule has 0 aliphatic carbocycles. The third-order valence-electron chi connectivity index (χ3n) is 2.77. The van der Waals surface area contributed by atoms with Crippen molar-refractivity contribution < 1.29 is 13.2 Å². The molecule has 1 unspecified atom stereocenters. The molecule has 0 spiro atoms. The van der Waals surface area contributed by atoms with Crippen molar-refractivity contribution in [2.45, 2.75) is 18.6 Å². The summed E-state index contributed by atoms with van der Waals surface area (Å²) in [4.78, 5) is 0.937. The van der Waals surface area contributed by atoms with E-state index in [0.717, 1.165) is 17.0 Å². The molecule has 108 valence electrons. The molecule has 0 aliphatic heterocycles. The minimum Gasteiger partial charge on any atom is -0.324 e. The van der Waals surface area contributed by atoms with Crippen LogP contribution in [0.15, 0.2) is 34.8 Å². The molecular formula is C13H10BrClF3NS. The molecule has 0 amide bonds. The molecule has 20 heavy (non-hydrogen) atoms. The van der Waals surface area contributed by atoms with Gasteiger partial charge in [0.15, 0.2) is 0 Å². The zero-order chi connectivity index (χ0) is 14.9. The van der Waals surface area contributed by atoms with Crippen LogP contribution >= 0.6 is 38.9 Å². The first-order valence-electron chi connectivity index (χ1n) is 5.64. The van der Waals surface area contributed by atoms with Gasteiger partial charge in [-0.25, -0.2) is 0 Å². The number of nitrogens with two attached hydrogens (primary N) is 1. The van der Waals surface area contributed by atoms with Crippen molar-refractivity contribution in [1.29, 1.82) is 0 Å². The summed E-state index contributed by atoms with van der Waals surface area (Å²) in [7, 11) is 0. The van der Waals surface area contributed by atoms with Gasteiger partial charge in [0.25, 0.3) is 0 Å². The zero-order valence-corrected chi connectivity index (χ0v) is 13.2. The highest BCUT2D eigenvalue weighted by atomic mass is 79.9. The van der Waals surface area contributed by atoms with Crippen molar-refractivity contribution >= 4 is 38.9 Å². The second-order valence-electron chi connectivity index (χ2n) is 4.25. The molecule has 1 aromatic carbocycles. The minimum absolute atomic E-state index is 0.435. The van der Waals surface area contributed by atoms with Crippen LogP contribution in [0.25, 0.3) is 0 Å². The van der Waals surface area contributed by atoms with Crippen LogP contribution in [0.4, 0.5) is 13.2 Å². The van der Waals surface area contributed by atoms with Gasteiger partial charge >= 0.3 is 6.18 Å². The Bertz CT molecular complexity index is 612. The molecule has 1 atom stereocenters. The predicted molar refractivity (Wildman–Crippen MR) is 79.1 cm³/mol. The van der Waals surface area contributed by atoms with Crippen LogP contribution in [0.2, 0.25) is 4.34 Å². The molecule has 0 bridgehead atoms. The first-order chi connectivity index (χ1) is 9.27. The monoisotopic (exact) mass is 383 g/mol. The quantitative estimate of drug-likeness (QED) is 0.751. The molecule has 1 nitrogen and oxygen atoms in total. The van der Waals surface area contributed by atoms with Gasteiger partial charge in [0.1, 0.15) is 0 Å². The lowest BCUT2D eigenvalue weighted by Crippen LogP contribution is -2.15. The van der Waals surface area contributed by atoms with Gasteiger partial charge in [-0.1, -0.05) is 27.5 Å². The van der Waals surface area contributed by atoms with E-state index in [2.05, 4.69) is 15.9 Å². The van der Waals surface area contributed by atoms with Crippen LogP contribution in [0.5, 0.6) is 0 Å². The Morgan fingerprint density at radius 2 is 1.95 bits per heavy atom. The molecule has 7 heteroatoms. The van der Waals surface area contributed by atoms with Crippen LogP contribution in [-0.2, 0) is 12.6 Å². The topological polar surface area (TPSA) is 26.0 Å². The molecule has 1 heterocycles. The Morgan fingerprint density at radius 3 is 2.50 bits per heavy atom. The SMILES string of the molecule is NC(Cc1ccc(Cl)s1)c1cc(C(F)(F)F)ccc1Br. The number of thiophene rings is 1. The minimum atomic E-state index is -4.37. The maximum absolute atomic E-state index is 12.7. The average molecular weight is 385 g/mol. The molecule has 1 aromatic heterocycles. The molecule has 0 aliphatic rings. The lowest BCUT2D eigenvalue weighted by atomic mass is 10.0. The molecule has 0 saturated heterocycles. The van der Waals surface area contributed by atoms with Crippen LogP contribution in [-0.4, -0.2) is 0 Å². The first-order valence-corrected chi connectivity index (χ1v) is 7.62. The van der Waals surface area contributed by atoms with E-state index in [1.54, 1.807) is 6.07 Å². The van der Waals surface area contributed by atoms with Crippen molar-refractivity contribution in [3.05, 3.63) is 55.1 Å². The second kappa shape index (κ2) is 6.05. The Kier molecular flexibility index (Phi) is 4.79. The highest BCUT2D eigenvalue weighted by Crippen LogP contribution is 2.35. The summed E-state index contributed by atoms with van der Waals surface area (Å²) in [5.74, 6) is 0. The van der Waals surface area contributed by atoms with Crippen molar-refractivity contribution in [1.82, 2.24) is 0 Å². The van der Waals surface area contributed by atoms with Gasteiger partial charge in [0.05, 0.1) is 9.90 Å². The first kappa shape index (κ1) is 15.8. The van der Waals surface area contributed by atoms with Crippen LogP contribution in [0.3, 0.4) is 0 Å². The van der Waals surface area contributed by atoms with E-state index in [1.807, 2.05) is 6.07 Å². The lowest BCUT2D eigenvalue weighted by molar-refractivity contribution is -0.137. The van der Waals surface area contributed by atoms with Crippen LogP contribution in [0.1, 0.15) is 22.0 Å². The summed E-state index contributed by atoms with van der Waals surface area (Å²) in [5.41, 5.74) is 5.75. The summed E-state index contributed by atoms with van der Waals surface area (Å²) in [6.07, 6.45) is -3.93. The normalized spacial score (nSPS) is 13.5. The number of hydrogen-bond acceptors (Lipinski definition) is 2. The molecule has 0 fully saturated rings. The third-order valence-corrected chi connectivity index (χ3v) is 4.75. The Balaban J connectivity index is 2.27.